The van der Waals surface area contributed by atoms with Crippen molar-refractivity contribution >= 4 is 0 Å². The molecule has 1 fully saturated rings. The van der Waals surface area contributed by atoms with Crippen LogP contribution < -0.4 is 10.1 Å². The fraction of sp³-hybridized carbons (Fsp3) is 0.625. The zero-order valence-corrected chi connectivity index (χ0v) is 12.2. The Labute approximate surface area is 116 Å². The first-order valence-corrected chi connectivity index (χ1v) is 7.30. The number of rotatable bonds is 6. The Morgan fingerprint density at radius 2 is 2.05 bits per heavy atom. The molecule has 19 heavy (non-hydrogen) atoms. The molecule has 1 saturated heterocycles. The van der Waals surface area contributed by atoms with Crippen LogP contribution in [0.5, 0.6) is 5.75 Å². The summed E-state index contributed by atoms with van der Waals surface area (Å²) in [6, 6.07) is 8.73. The second-order valence-electron chi connectivity index (χ2n) is 5.31. The Kier molecular flexibility index (Phi) is 5.23. The molecule has 1 aromatic rings. The maximum absolute atomic E-state index is 5.79. The molecule has 1 aliphatic rings. The third-order valence-electron chi connectivity index (χ3n) is 3.65. The van der Waals surface area contributed by atoms with Gasteiger partial charge in [-0.1, -0.05) is 19.1 Å². The third kappa shape index (κ3) is 4.22. The number of nitrogens with one attached hydrogen (secondary N) is 1. The predicted molar refractivity (Wildman–Crippen MR) is 77.6 cm³/mol. The van der Waals surface area contributed by atoms with Gasteiger partial charge in [0.15, 0.2) is 0 Å². The van der Waals surface area contributed by atoms with E-state index in [0.717, 1.165) is 25.1 Å². The van der Waals surface area contributed by atoms with Gasteiger partial charge in [-0.2, -0.15) is 0 Å². The van der Waals surface area contributed by atoms with Gasteiger partial charge in [0.25, 0.3) is 0 Å². The fourth-order valence-electron chi connectivity index (χ4n) is 2.47. The molecule has 1 N–H and O–H groups in total. The van der Waals surface area contributed by atoms with Gasteiger partial charge >= 0.3 is 0 Å². The molecule has 3 atom stereocenters. The highest BCUT2D eigenvalue weighted by Crippen LogP contribution is 2.21. The predicted octanol–water partition coefficient (Wildman–Crippen LogP) is 3.30. The highest BCUT2D eigenvalue weighted by atomic mass is 16.5. The van der Waals surface area contributed by atoms with E-state index in [1.807, 2.05) is 12.1 Å². The lowest BCUT2D eigenvalue weighted by Gasteiger charge is -2.15. The van der Waals surface area contributed by atoms with Crippen molar-refractivity contribution in [1.82, 2.24) is 5.32 Å². The van der Waals surface area contributed by atoms with Crippen molar-refractivity contribution < 1.29 is 9.47 Å². The van der Waals surface area contributed by atoms with E-state index in [4.69, 9.17) is 9.47 Å². The largest absolute Gasteiger partial charge is 0.491 e. The summed E-state index contributed by atoms with van der Waals surface area (Å²) in [6.45, 7) is 8.06. The van der Waals surface area contributed by atoms with E-state index in [1.54, 1.807) is 0 Å². The van der Waals surface area contributed by atoms with Crippen molar-refractivity contribution in [3.63, 3.8) is 0 Å². The van der Waals surface area contributed by atoms with Crippen LogP contribution in [-0.4, -0.2) is 25.4 Å². The Bertz CT molecular complexity index is 377. The lowest BCUT2D eigenvalue weighted by atomic mass is 10.1. The molecule has 1 heterocycles. The van der Waals surface area contributed by atoms with Gasteiger partial charge in [0, 0.05) is 6.04 Å². The number of ether oxygens (including phenoxy) is 2. The molecule has 0 saturated carbocycles. The van der Waals surface area contributed by atoms with Crippen molar-refractivity contribution in [2.75, 3.05) is 13.2 Å². The number of hydrogen-bond acceptors (Lipinski definition) is 3. The van der Waals surface area contributed by atoms with Gasteiger partial charge < -0.3 is 14.8 Å². The third-order valence-corrected chi connectivity index (χ3v) is 3.65. The average Bonchev–Trinajstić information content (AvgIpc) is 2.83. The Balaban J connectivity index is 1.81. The Hall–Kier alpha value is -1.06. The van der Waals surface area contributed by atoms with E-state index in [2.05, 4.69) is 38.2 Å². The van der Waals surface area contributed by atoms with Crippen LogP contribution in [0.4, 0.5) is 0 Å². The normalized spacial score (nSPS) is 24.4. The molecular weight excluding hydrogens is 238 g/mol. The molecule has 106 valence electrons. The minimum absolute atomic E-state index is 0.260. The summed E-state index contributed by atoms with van der Waals surface area (Å²) in [5, 5.41) is 3.40. The maximum Gasteiger partial charge on any atom is 0.119 e. The minimum Gasteiger partial charge on any atom is -0.491 e. The van der Waals surface area contributed by atoms with E-state index < -0.39 is 0 Å². The van der Waals surface area contributed by atoms with E-state index in [-0.39, 0.29) is 6.10 Å². The molecule has 0 radical (unpaired) electrons. The van der Waals surface area contributed by atoms with Crippen molar-refractivity contribution in [1.29, 1.82) is 0 Å². The molecule has 1 aromatic carbocycles. The zero-order chi connectivity index (χ0) is 13.7. The van der Waals surface area contributed by atoms with E-state index >= 15 is 0 Å². The first-order chi connectivity index (χ1) is 9.19. The van der Waals surface area contributed by atoms with Crippen molar-refractivity contribution in [2.24, 2.45) is 0 Å². The van der Waals surface area contributed by atoms with Gasteiger partial charge in [0.2, 0.25) is 0 Å². The summed E-state index contributed by atoms with van der Waals surface area (Å²) < 4.78 is 11.5. The number of hydrogen-bond donors (Lipinski definition) is 1. The van der Waals surface area contributed by atoms with Gasteiger partial charge in [0.05, 0.1) is 12.2 Å². The summed E-state index contributed by atoms with van der Waals surface area (Å²) in [7, 11) is 0. The standard InChI is InChI=1S/C16H25NO2/c1-4-17-13(3)14-6-9-15(10-7-14)18-11-16-8-5-12(2)19-16/h6-7,9-10,12-13,16-17H,4-5,8,11H2,1-3H3. The van der Waals surface area contributed by atoms with E-state index in [1.165, 1.54) is 5.56 Å². The van der Waals surface area contributed by atoms with Gasteiger partial charge in [0.1, 0.15) is 12.4 Å². The molecule has 0 amide bonds. The molecule has 0 spiro atoms. The smallest absolute Gasteiger partial charge is 0.119 e. The van der Waals surface area contributed by atoms with Crippen LogP contribution in [0.1, 0.15) is 45.2 Å². The van der Waals surface area contributed by atoms with Crippen LogP contribution in [0.2, 0.25) is 0 Å². The van der Waals surface area contributed by atoms with Crippen LogP contribution in [0.3, 0.4) is 0 Å². The molecule has 0 aromatic heterocycles. The van der Waals surface area contributed by atoms with Crippen LogP contribution in [0, 0.1) is 0 Å². The Morgan fingerprint density at radius 3 is 2.63 bits per heavy atom. The van der Waals surface area contributed by atoms with E-state index in [0.29, 0.717) is 18.8 Å². The second-order valence-corrected chi connectivity index (χ2v) is 5.31. The summed E-state index contributed by atoms with van der Waals surface area (Å²) >= 11 is 0. The van der Waals surface area contributed by atoms with E-state index in [9.17, 15) is 0 Å². The van der Waals surface area contributed by atoms with Gasteiger partial charge in [-0.3, -0.25) is 0 Å². The lowest BCUT2D eigenvalue weighted by molar-refractivity contribution is 0.0264. The van der Waals surface area contributed by atoms with Crippen molar-refractivity contribution in [2.45, 2.75) is 51.9 Å². The quantitative estimate of drug-likeness (QED) is 0.854. The van der Waals surface area contributed by atoms with Crippen molar-refractivity contribution in [3.05, 3.63) is 29.8 Å². The second kappa shape index (κ2) is 6.92. The maximum atomic E-state index is 5.79. The molecule has 0 bridgehead atoms. The first-order valence-electron chi connectivity index (χ1n) is 7.30. The summed E-state index contributed by atoms with van der Waals surface area (Å²) in [5.41, 5.74) is 1.29. The van der Waals surface area contributed by atoms with Gasteiger partial charge in [-0.15, -0.1) is 0 Å². The molecular formula is C16H25NO2. The molecule has 3 unspecified atom stereocenters. The topological polar surface area (TPSA) is 30.5 Å². The van der Waals surface area contributed by atoms with Crippen LogP contribution >= 0.6 is 0 Å². The highest BCUT2D eigenvalue weighted by Gasteiger charge is 2.22. The summed E-state index contributed by atoms with van der Waals surface area (Å²) in [6.07, 6.45) is 2.90. The monoisotopic (exact) mass is 263 g/mol. The Morgan fingerprint density at radius 1 is 1.32 bits per heavy atom. The zero-order valence-electron chi connectivity index (χ0n) is 12.2. The minimum atomic E-state index is 0.260. The lowest BCUT2D eigenvalue weighted by Crippen LogP contribution is -2.18. The number of benzene rings is 1. The molecule has 1 aliphatic heterocycles. The molecule has 3 heteroatoms. The molecule has 0 aliphatic carbocycles. The van der Waals surface area contributed by atoms with Gasteiger partial charge in [-0.05, 0) is 50.9 Å². The van der Waals surface area contributed by atoms with Crippen molar-refractivity contribution in [3.8, 4) is 5.75 Å². The van der Waals surface area contributed by atoms with Crippen LogP contribution in [0.15, 0.2) is 24.3 Å². The molecule has 2 rings (SSSR count). The fourth-order valence-corrected chi connectivity index (χ4v) is 2.47. The summed E-state index contributed by atoms with van der Waals surface area (Å²) in [4.78, 5) is 0. The SMILES string of the molecule is CCNC(C)c1ccc(OCC2CCC(C)O2)cc1. The van der Waals surface area contributed by atoms with Crippen LogP contribution in [-0.2, 0) is 4.74 Å². The van der Waals surface area contributed by atoms with Crippen LogP contribution in [0.25, 0.3) is 0 Å². The average molecular weight is 263 g/mol. The van der Waals surface area contributed by atoms with Gasteiger partial charge in [-0.25, -0.2) is 0 Å². The summed E-state index contributed by atoms with van der Waals surface area (Å²) in [5.74, 6) is 0.926. The first kappa shape index (κ1) is 14.4. The molecule has 3 nitrogen and oxygen atoms in total. The highest BCUT2D eigenvalue weighted by molar-refractivity contribution is 5.28.